The standard InChI is InChI=1S/C12H26N2/c1-6-10-7-12(3,4)8-14-9(2)11(10)13-5/h9-11,13-14H,6-8H2,1-5H3. The first kappa shape index (κ1) is 12.0. The molecule has 1 fully saturated rings. The second-order valence-electron chi connectivity index (χ2n) is 5.52. The van der Waals surface area contributed by atoms with Gasteiger partial charge in [-0.3, -0.25) is 0 Å². The molecule has 14 heavy (non-hydrogen) atoms. The van der Waals surface area contributed by atoms with Gasteiger partial charge in [-0.05, 0) is 31.7 Å². The fourth-order valence-corrected chi connectivity index (χ4v) is 2.77. The Bertz CT molecular complexity index is 177. The van der Waals surface area contributed by atoms with Crippen molar-refractivity contribution < 1.29 is 0 Å². The largest absolute Gasteiger partial charge is 0.315 e. The fourth-order valence-electron chi connectivity index (χ4n) is 2.77. The van der Waals surface area contributed by atoms with Gasteiger partial charge in [0.1, 0.15) is 0 Å². The van der Waals surface area contributed by atoms with Crippen LogP contribution in [-0.4, -0.2) is 25.7 Å². The number of hydrogen-bond donors (Lipinski definition) is 2. The fraction of sp³-hybridized carbons (Fsp3) is 1.00. The summed E-state index contributed by atoms with van der Waals surface area (Å²) in [6, 6.07) is 1.22. The van der Waals surface area contributed by atoms with E-state index >= 15 is 0 Å². The van der Waals surface area contributed by atoms with Crippen LogP contribution in [0.15, 0.2) is 0 Å². The molecule has 0 aromatic rings. The van der Waals surface area contributed by atoms with Gasteiger partial charge in [0.25, 0.3) is 0 Å². The molecule has 1 heterocycles. The molecule has 0 amide bonds. The quantitative estimate of drug-likeness (QED) is 0.709. The minimum Gasteiger partial charge on any atom is -0.315 e. The van der Waals surface area contributed by atoms with Gasteiger partial charge in [0.15, 0.2) is 0 Å². The molecule has 0 saturated carbocycles. The lowest BCUT2D eigenvalue weighted by Crippen LogP contribution is -2.47. The first-order valence-corrected chi connectivity index (χ1v) is 5.91. The topological polar surface area (TPSA) is 24.1 Å². The van der Waals surface area contributed by atoms with Crippen LogP contribution in [0.5, 0.6) is 0 Å². The van der Waals surface area contributed by atoms with E-state index in [4.69, 9.17) is 0 Å². The van der Waals surface area contributed by atoms with Crippen LogP contribution >= 0.6 is 0 Å². The van der Waals surface area contributed by atoms with Crippen molar-refractivity contribution in [3.8, 4) is 0 Å². The summed E-state index contributed by atoms with van der Waals surface area (Å²) in [5.41, 5.74) is 0.445. The Morgan fingerprint density at radius 3 is 2.57 bits per heavy atom. The summed E-state index contributed by atoms with van der Waals surface area (Å²) in [4.78, 5) is 0. The highest BCUT2D eigenvalue weighted by atomic mass is 15.0. The summed E-state index contributed by atoms with van der Waals surface area (Å²) in [7, 11) is 2.09. The van der Waals surface area contributed by atoms with Gasteiger partial charge >= 0.3 is 0 Å². The monoisotopic (exact) mass is 198 g/mol. The zero-order valence-corrected chi connectivity index (χ0v) is 10.4. The maximum atomic E-state index is 3.64. The van der Waals surface area contributed by atoms with E-state index in [0.29, 0.717) is 17.5 Å². The third-order valence-electron chi connectivity index (χ3n) is 3.62. The predicted molar refractivity (Wildman–Crippen MR) is 62.5 cm³/mol. The van der Waals surface area contributed by atoms with Gasteiger partial charge in [0.05, 0.1) is 0 Å². The van der Waals surface area contributed by atoms with E-state index in [-0.39, 0.29) is 0 Å². The second-order valence-corrected chi connectivity index (χ2v) is 5.52. The van der Waals surface area contributed by atoms with Crippen LogP contribution in [0.3, 0.4) is 0 Å². The summed E-state index contributed by atoms with van der Waals surface area (Å²) in [6.07, 6.45) is 2.60. The van der Waals surface area contributed by atoms with Crippen LogP contribution in [0.4, 0.5) is 0 Å². The Kier molecular flexibility index (Phi) is 3.96. The normalized spacial score (nSPS) is 37.9. The second kappa shape index (κ2) is 4.63. The van der Waals surface area contributed by atoms with Crippen molar-refractivity contribution in [2.24, 2.45) is 11.3 Å². The molecule has 0 radical (unpaired) electrons. The highest BCUT2D eigenvalue weighted by Crippen LogP contribution is 2.32. The zero-order chi connectivity index (χ0) is 10.8. The molecule has 1 saturated heterocycles. The predicted octanol–water partition coefficient (Wildman–Crippen LogP) is 2.01. The average Bonchev–Trinajstić information content (AvgIpc) is 2.24. The van der Waals surface area contributed by atoms with Crippen molar-refractivity contribution >= 4 is 0 Å². The smallest absolute Gasteiger partial charge is 0.0243 e. The van der Waals surface area contributed by atoms with Crippen molar-refractivity contribution in [2.75, 3.05) is 13.6 Å². The molecule has 1 aliphatic rings. The minimum absolute atomic E-state index is 0.445. The summed E-state index contributed by atoms with van der Waals surface area (Å²) in [5.74, 6) is 0.806. The van der Waals surface area contributed by atoms with Crippen molar-refractivity contribution in [3.05, 3.63) is 0 Å². The first-order chi connectivity index (χ1) is 6.50. The van der Waals surface area contributed by atoms with Gasteiger partial charge in [-0.2, -0.15) is 0 Å². The lowest BCUT2D eigenvalue weighted by molar-refractivity contribution is 0.251. The molecule has 2 N–H and O–H groups in total. The summed E-state index contributed by atoms with van der Waals surface area (Å²) in [6.45, 7) is 10.5. The zero-order valence-electron chi connectivity index (χ0n) is 10.4. The van der Waals surface area contributed by atoms with E-state index in [1.807, 2.05) is 0 Å². The number of rotatable bonds is 2. The molecule has 2 nitrogen and oxygen atoms in total. The van der Waals surface area contributed by atoms with E-state index in [1.165, 1.54) is 12.8 Å². The van der Waals surface area contributed by atoms with Gasteiger partial charge in [-0.1, -0.05) is 27.2 Å². The van der Waals surface area contributed by atoms with E-state index in [2.05, 4.69) is 45.4 Å². The van der Waals surface area contributed by atoms with Crippen LogP contribution in [0.25, 0.3) is 0 Å². The van der Waals surface area contributed by atoms with E-state index < -0.39 is 0 Å². The molecule has 0 bridgehead atoms. The van der Waals surface area contributed by atoms with E-state index in [9.17, 15) is 0 Å². The Labute approximate surface area is 88.8 Å². The molecule has 0 aliphatic carbocycles. The Morgan fingerprint density at radius 2 is 2.07 bits per heavy atom. The van der Waals surface area contributed by atoms with Gasteiger partial charge in [-0.15, -0.1) is 0 Å². The van der Waals surface area contributed by atoms with Gasteiger partial charge in [-0.25, -0.2) is 0 Å². The van der Waals surface area contributed by atoms with Gasteiger partial charge in [0, 0.05) is 18.6 Å². The van der Waals surface area contributed by atoms with Crippen LogP contribution in [0, 0.1) is 11.3 Å². The molecule has 0 aromatic carbocycles. The molecule has 3 atom stereocenters. The molecule has 1 aliphatic heterocycles. The highest BCUT2D eigenvalue weighted by molar-refractivity contribution is 4.92. The number of hydrogen-bond acceptors (Lipinski definition) is 2. The van der Waals surface area contributed by atoms with E-state index in [0.717, 1.165) is 12.5 Å². The molecule has 0 spiro atoms. The molecule has 1 rings (SSSR count). The number of likely N-dealkylation sites (N-methyl/N-ethyl adjacent to an activating group) is 1. The molecule has 2 heteroatoms. The average molecular weight is 198 g/mol. The Hall–Kier alpha value is -0.0800. The van der Waals surface area contributed by atoms with Gasteiger partial charge in [0.2, 0.25) is 0 Å². The van der Waals surface area contributed by atoms with Crippen LogP contribution in [0.1, 0.15) is 40.5 Å². The molecule has 84 valence electrons. The maximum Gasteiger partial charge on any atom is 0.0243 e. The van der Waals surface area contributed by atoms with Crippen molar-refractivity contribution in [2.45, 2.75) is 52.6 Å². The number of nitrogens with one attached hydrogen (secondary N) is 2. The third-order valence-corrected chi connectivity index (χ3v) is 3.62. The SMILES string of the molecule is CCC1CC(C)(C)CNC(C)C1NC. The summed E-state index contributed by atoms with van der Waals surface area (Å²) < 4.78 is 0. The van der Waals surface area contributed by atoms with Crippen molar-refractivity contribution in [3.63, 3.8) is 0 Å². The third kappa shape index (κ3) is 2.71. The minimum atomic E-state index is 0.445. The van der Waals surface area contributed by atoms with Crippen molar-refractivity contribution in [1.82, 2.24) is 10.6 Å². The molecule has 0 aromatic heterocycles. The summed E-state index contributed by atoms with van der Waals surface area (Å²) in [5, 5.41) is 7.11. The van der Waals surface area contributed by atoms with Crippen LogP contribution < -0.4 is 10.6 Å². The Morgan fingerprint density at radius 1 is 1.43 bits per heavy atom. The summed E-state index contributed by atoms with van der Waals surface area (Å²) >= 11 is 0. The molecule has 3 unspecified atom stereocenters. The van der Waals surface area contributed by atoms with Crippen LogP contribution in [0.2, 0.25) is 0 Å². The molecular weight excluding hydrogens is 172 g/mol. The van der Waals surface area contributed by atoms with Crippen molar-refractivity contribution in [1.29, 1.82) is 0 Å². The first-order valence-electron chi connectivity index (χ1n) is 5.91. The Balaban J connectivity index is 2.75. The maximum absolute atomic E-state index is 3.64. The molecular formula is C12H26N2. The lowest BCUT2D eigenvalue weighted by Gasteiger charge is -2.30. The lowest BCUT2D eigenvalue weighted by atomic mass is 9.79. The van der Waals surface area contributed by atoms with Gasteiger partial charge < -0.3 is 10.6 Å². The van der Waals surface area contributed by atoms with Crippen LogP contribution in [-0.2, 0) is 0 Å². The van der Waals surface area contributed by atoms with E-state index in [1.54, 1.807) is 0 Å². The highest BCUT2D eigenvalue weighted by Gasteiger charge is 2.33.